The van der Waals surface area contributed by atoms with E-state index < -0.39 is 8.32 Å². The highest BCUT2D eigenvalue weighted by molar-refractivity contribution is 6.76. The van der Waals surface area contributed by atoms with Gasteiger partial charge in [0.2, 0.25) is 8.32 Å². The maximum absolute atomic E-state index is 6.26. The van der Waals surface area contributed by atoms with Gasteiger partial charge in [0.1, 0.15) is 0 Å². The average Bonchev–Trinajstić information content (AvgIpc) is 2.65. The Balaban J connectivity index is 1.99. The molecule has 0 amide bonds. The molecule has 0 spiro atoms. The van der Waals surface area contributed by atoms with Crippen LogP contribution in [0.5, 0.6) is 0 Å². The van der Waals surface area contributed by atoms with Crippen LogP contribution in [0, 0.1) is 11.8 Å². The Morgan fingerprint density at radius 3 is 2.00 bits per heavy atom. The van der Waals surface area contributed by atoms with E-state index in [0.717, 1.165) is 11.8 Å². The van der Waals surface area contributed by atoms with Crippen molar-refractivity contribution in [1.82, 2.24) is 0 Å². The highest BCUT2D eigenvalue weighted by Gasteiger charge is 2.44. The maximum atomic E-state index is 6.26. The summed E-state index contributed by atoms with van der Waals surface area (Å²) in [6.07, 6.45) is 6.25. The quantitative estimate of drug-likeness (QED) is 0.630. The van der Waals surface area contributed by atoms with Crippen LogP contribution in [-0.4, -0.2) is 14.4 Å². The lowest BCUT2D eigenvalue weighted by Gasteiger charge is -2.26. The molecule has 2 bridgehead atoms. The summed E-state index contributed by atoms with van der Waals surface area (Å²) in [4.78, 5) is 0. The molecule has 0 heterocycles. The third kappa shape index (κ3) is 1.74. The van der Waals surface area contributed by atoms with E-state index in [1.165, 1.54) is 25.7 Å². The van der Waals surface area contributed by atoms with Crippen LogP contribution in [0.2, 0.25) is 13.1 Å². The van der Waals surface area contributed by atoms with Gasteiger partial charge in [0.05, 0.1) is 6.10 Å². The minimum Gasteiger partial charge on any atom is -0.410 e. The van der Waals surface area contributed by atoms with E-state index in [0.29, 0.717) is 6.10 Å². The molecule has 0 atom stereocenters. The molecule has 2 rings (SSSR count). The monoisotopic (exact) mass is 196 g/mol. The van der Waals surface area contributed by atoms with E-state index in [1.54, 1.807) is 0 Å². The Morgan fingerprint density at radius 2 is 1.62 bits per heavy atom. The fraction of sp³-hybridized carbons (Fsp3) is 0.818. The van der Waals surface area contributed by atoms with Crippen molar-refractivity contribution in [1.29, 1.82) is 0 Å². The van der Waals surface area contributed by atoms with Gasteiger partial charge in [-0.15, -0.1) is 6.58 Å². The summed E-state index contributed by atoms with van der Waals surface area (Å²) in [5.74, 6) is 1.77. The summed E-state index contributed by atoms with van der Waals surface area (Å²) < 4.78 is 6.26. The molecule has 0 unspecified atom stereocenters. The normalized spacial score (nSPS) is 38.2. The number of rotatable bonds is 3. The van der Waals surface area contributed by atoms with Gasteiger partial charge in [0.25, 0.3) is 0 Å². The van der Waals surface area contributed by atoms with Gasteiger partial charge in [0.15, 0.2) is 0 Å². The Hall–Kier alpha value is -0.0831. The molecule has 13 heavy (non-hydrogen) atoms. The zero-order valence-corrected chi connectivity index (χ0v) is 9.75. The average molecular weight is 196 g/mol. The van der Waals surface area contributed by atoms with E-state index in [-0.39, 0.29) is 0 Å². The molecule has 2 saturated carbocycles. The number of hydrogen-bond donors (Lipinski definition) is 0. The summed E-state index contributed by atoms with van der Waals surface area (Å²) in [7, 11) is -1.52. The predicted molar refractivity (Wildman–Crippen MR) is 58.0 cm³/mol. The third-order valence-corrected chi connectivity index (χ3v) is 5.54. The molecule has 74 valence electrons. The van der Waals surface area contributed by atoms with Gasteiger partial charge in [-0.3, -0.25) is 0 Å². The van der Waals surface area contributed by atoms with Gasteiger partial charge in [-0.05, 0) is 50.6 Å². The van der Waals surface area contributed by atoms with Crippen molar-refractivity contribution in [3.05, 3.63) is 12.3 Å². The van der Waals surface area contributed by atoms with Gasteiger partial charge >= 0.3 is 0 Å². The summed E-state index contributed by atoms with van der Waals surface area (Å²) in [6.45, 7) is 8.38. The first-order chi connectivity index (χ1) is 6.12. The van der Waals surface area contributed by atoms with Crippen LogP contribution in [0.3, 0.4) is 0 Å². The van der Waals surface area contributed by atoms with Crippen LogP contribution in [0.15, 0.2) is 12.3 Å². The van der Waals surface area contributed by atoms with Gasteiger partial charge in [0, 0.05) is 0 Å². The van der Waals surface area contributed by atoms with Crippen LogP contribution in [0.4, 0.5) is 0 Å². The Labute approximate surface area is 82.3 Å². The zero-order valence-electron chi connectivity index (χ0n) is 8.75. The minimum atomic E-state index is -1.52. The van der Waals surface area contributed by atoms with Gasteiger partial charge in [-0.2, -0.15) is 0 Å². The van der Waals surface area contributed by atoms with Gasteiger partial charge in [-0.1, -0.05) is 5.70 Å². The molecule has 1 nitrogen and oxygen atoms in total. The molecule has 0 N–H and O–H groups in total. The van der Waals surface area contributed by atoms with E-state index in [4.69, 9.17) is 4.43 Å². The standard InChI is InChI=1S/C11H20OSi/c1-4-13(2,3)12-11-9-5-6-10(11)8-7-9/h4,9-11H,1,5-8H2,2-3H3. The van der Waals surface area contributed by atoms with Crippen molar-refractivity contribution < 1.29 is 4.43 Å². The Kier molecular flexibility index (Phi) is 2.36. The zero-order chi connectivity index (χ0) is 9.47. The largest absolute Gasteiger partial charge is 0.410 e. The van der Waals surface area contributed by atoms with Crippen molar-refractivity contribution >= 4 is 8.32 Å². The van der Waals surface area contributed by atoms with Gasteiger partial charge in [-0.25, -0.2) is 0 Å². The first-order valence-corrected chi connectivity index (χ1v) is 8.42. The summed E-state index contributed by atoms with van der Waals surface area (Å²) >= 11 is 0. The predicted octanol–water partition coefficient (Wildman–Crippen LogP) is 3.12. The highest BCUT2D eigenvalue weighted by Crippen LogP contribution is 2.47. The third-order valence-electron chi connectivity index (χ3n) is 3.68. The molecule has 2 aliphatic rings. The molecule has 2 fully saturated rings. The second-order valence-electron chi connectivity index (χ2n) is 5.06. The molecule has 0 radical (unpaired) electrons. The van der Waals surface area contributed by atoms with Crippen molar-refractivity contribution in [3.63, 3.8) is 0 Å². The van der Waals surface area contributed by atoms with E-state index in [1.807, 2.05) is 0 Å². The minimum absolute atomic E-state index is 0.597. The van der Waals surface area contributed by atoms with Gasteiger partial charge < -0.3 is 4.43 Å². The van der Waals surface area contributed by atoms with Crippen LogP contribution in [-0.2, 0) is 4.43 Å². The lowest BCUT2D eigenvalue weighted by molar-refractivity contribution is 0.149. The second-order valence-corrected chi connectivity index (χ2v) is 8.92. The second kappa shape index (κ2) is 3.25. The molecule has 2 aliphatic carbocycles. The molecule has 2 heteroatoms. The topological polar surface area (TPSA) is 9.23 Å². The first-order valence-electron chi connectivity index (χ1n) is 5.44. The van der Waals surface area contributed by atoms with Crippen molar-refractivity contribution in [2.75, 3.05) is 0 Å². The fourth-order valence-electron chi connectivity index (χ4n) is 2.78. The number of fused-ring (bicyclic) bond motifs is 2. The van der Waals surface area contributed by atoms with Crippen molar-refractivity contribution in [2.24, 2.45) is 11.8 Å². The van der Waals surface area contributed by atoms with E-state index in [9.17, 15) is 0 Å². The molecule has 0 aromatic carbocycles. The molecule has 0 saturated heterocycles. The maximum Gasteiger partial charge on any atom is 0.210 e. The van der Waals surface area contributed by atoms with Crippen LogP contribution >= 0.6 is 0 Å². The van der Waals surface area contributed by atoms with E-state index >= 15 is 0 Å². The lowest BCUT2D eigenvalue weighted by atomic mass is 10.0. The Morgan fingerprint density at radius 1 is 1.15 bits per heavy atom. The fourth-order valence-corrected chi connectivity index (χ4v) is 3.96. The highest BCUT2D eigenvalue weighted by atomic mass is 28.4. The molecular weight excluding hydrogens is 176 g/mol. The van der Waals surface area contributed by atoms with Crippen LogP contribution in [0.25, 0.3) is 0 Å². The molecular formula is C11H20OSi. The summed E-state index contributed by atoms with van der Waals surface area (Å²) in [5, 5.41) is 0. The molecule has 0 aromatic rings. The van der Waals surface area contributed by atoms with Crippen LogP contribution in [0.1, 0.15) is 25.7 Å². The molecule has 0 aliphatic heterocycles. The smallest absolute Gasteiger partial charge is 0.210 e. The Bertz CT molecular complexity index is 192. The van der Waals surface area contributed by atoms with Crippen molar-refractivity contribution in [3.8, 4) is 0 Å². The van der Waals surface area contributed by atoms with E-state index in [2.05, 4.69) is 25.4 Å². The summed E-state index contributed by atoms with van der Waals surface area (Å²) in [6, 6.07) is 0. The molecule has 0 aromatic heterocycles. The van der Waals surface area contributed by atoms with Crippen molar-refractivity contribution in [2.45, 2.75) is 44.9 Å². The first kappa shape index (κ1) is 9.47. The van der Waals surface area contributed by atoms with Crippen LogP contribution < -0.4 is 0 Å². The SMILES string of the molecule is C=C[Si](C)(C)OC1C2CCC1CC2. The summed E-state index contributed by atoms with van der Waals surface area (Å²) in [5.41, 5.74) is 2.06. The number of hydrogen-bond acceptors (Lipinski definition) is 1. The lowest BCUT2D eigenvalue weighted by Crippen LogP contribution is -2.35.